The van der Waals surface area contributed by atoms with E-state index in [1.807, 2.05) is 49.6 Å². The maximum absolute atomic E-state index is 13.2. The Balaban J connectivity index is 1.89. The van der Waals surface area contributed by atoms with Gasteiger partial charge in [-0.3, -0.25) is 14.4 Å². The van der Waals surface area contributed by atoms with Crippen LogP contribution in [0.2, 0.25) is 0 Å². The number of methoxy groups -OCH3 is 1. The molecule has 1 saturated heterocycles. The van der Waals surface area contributed by atoms with E-state index < -0.39 is 6.04 Å². The van der Waals surface area contributed by atoms with Crippen molar-refractivity contribution in [1.29, 1.82) is 0 Å². The minimum absolute atomic E-state index is 0.0191. The van der Waals surface area contributed by atoms with Crippen LogP contribution in [0.3, 0.4) is 0 Å². The van der Waals surface area contributed by atoms with Crippen molar-refractivity contribution in [3.05, 3.63) is 52.2 Å². The maximum Gasteiger partial charge on any atom is 0.264 e. The Morgan fingerprint density at radius 2 is 2.06 bits per heavy atom. The van der Waals surface area contributed by atoms with E-state index in [0.717, 1.165) is 5.56 Å². The fourth-order valence-corrected chi connectivity index (χ4v) is 4.73. The first-order valence-electron chi connectivity index (χ1n) is 11.1. The number of hydrogen-bond donors (Lipinski definition) is 2. The summed E-state index contributed by atoms with van der Waals surface area (Å²) in [6.45, 7) is 5.02. The van der Waals surface area contributed by atoms with Crippen LogP contribution in [0, 0.1) is 5.92 Å². The number of carbonyl (C=O) groups excluding carboxylic acids is 3. The molecule has 1 fully saturated rings. The smallest absolute Gasteiger partial charge is 0.264 e. The molecule has 0 bridgehead atoms. The molecule has 3 amide bonds. The summed E-state index contributed by atoms with van der Waals surface area (Å²) in [7, 11) is 1.60. The van der Waals surface area contributed by atoms with Crippen molar-refractivity contribution in [2.24, 2.45) is 11.7 Å². The molecule has 0 spiro atoms. The first kappa shape index (κ1) is 24.7. The molecule has 3 N–H and O–H groups in total. The Bertz CT molecular complexity index is 963. The van der Waals surface area contributed by atoms with Gasteiger partial charge in [-0.1, -0.05) is 32.0 Å². The van der Waals surface area contributed by atoms with E-state index in [1.165, 1.54) is 11.3 Å². The Morgan fingerprint density at radius 1 is 1.27 bits per heavy atom. The lowest BCUT2D eigenvalue weighted by Crippen LogP contribution is -2.47. The van der Waals surface area contributed by atoms with Gasteiger partial charge in [0.25, 0.3) is 5.91 Å². The lowest BCUT2D eigenvalue weighted by Gasteiger charge is -2.31. The lowest BCUT2D eigenvalue weighted by molar-refractivity contribution is -0.137. The second kappa shape index (κ2) is 11.3. The van der Waals surface area contributed by atoms with Crippen LogP contribution in [0.25, 0.3) is 0 Å². The quantitative estimate of drug-likeness (QED) is 0.582. The minimum atomic E-state index is -0.663. The van der Waals surface area contributed by atoms with Gasteiger partial charge < -0.3 is 25.6 Å². The number of nitrogens with zero attached hydrogens (tertiary/aromatic N) is 2. The average molecular weight is 473 g/mol. The molecule has 0 radical (unpaired) electrons. The molecular weight excluding hydrogens is 440 g/mol. The molecular formula is C24H32N4O4S. The summed E-state index contributed by atoms with van der Waals surface area (Å²) in [4.78, 5) is 43.3. The summed E-state index contributed by atoms with van der Waals surface area (Å²) in [6.07, 6.45) is 0.371. The molecule has 2 heterocycles. The fourth-order valence-electron chi connectivity index (χ4n) is 4.05. The molecule has 2 atom stereocenters. The molecule has 1 aromatic carbocycles. The average Bonchev–Trinajstić information content (AvgIpc) is 3.51. The van der Waals surface area contributed by atoms with Crippen LogP contribution in [0.1, 0.15) is 35.5 Å². The van der Waals surface area contributed by atoms with Gasteiger partial charge >= 0.3 is 0 Å². The maximum atomic E-state index is 13.2. The highest BCUT2D eigenvalue weighted by atomic mass is 32.1. The first-order valence-corrected chi connectivity index (χ1v) is 12.0. The minimum Gasteiger partial charge on any atom is -0.497 e. The van der Waals surface area contributed by atoms with Crippen LogP contribution in [0.5, 0.6) is 5.75 Å². The molecule has 1 aliphatic heterocycles. The highest BCUT2D eigenvalue weighted by Crippen LogP contribution is 2.28. The second-order valence-corrected chi connectivity index (χ2v) is 9.34. The molecule has 178 valence electrons. The molecule has 33 heavy (non-hydrogen) atoms. The number of thiophene rings is 1. The standard InChI is InChI=1S/C24H32N4O4S/c1-16(2)23(30)27(14-17-6-4-7-19(12-17)32-3)18-13-20(22(29)26-10-9-25)28(15-18)24(31)21-8-5-11-33-21/h4-8,11-12,16,18,20H,9-10,13-15,25H2,1-3H3,(H,26,29). The number of amides is 3. The number of carbonyl (C=O) groups is 3. The molecule has 2 unspecified atom stereocenters. The normalized spacial score (nSPS) is 17.8. The molecule has 2 aromatic rings. The van der Waals surface area contributed by atoms with Crippen LogP contribution in [-0.2, 0) is 16.1 Å². The molecule has 8 nitrogen and oxygen atoms in total. The number of benzene rings is 1. The Kier molecular flexibility index (Phi) is 8.46. The highest BCUT2D eigenvalue weighted by Gasteiger charge is 2.43. The SMILES string of the molecule is COc1cccc(CN(C(=O)C(C)C)C2CC(C(=O)NCCN)N(C(=O)c3cccs3)C2)c1. The van der Waals surface area contributed by atoms with Crippen molar-refractivity contribution >= 4 is 29.1 Å². The molecule has 9 heteroatoms. The third-order valence-corrected chi connectivity index (χ3v) is 6.58. The first-order chi connectivity index (χ1) is 15.8. The summed E-state index contributed by atoms with van der Waals surface area (Å²) >= 11 is 1.34. The van der Waals surface area contributed by atoms with E-state index in [2.05, 4.69) is 5.32 Å². The number of ether oxygens (including phenoxy) is 1. The van der Waals surface area contributed by atoms with Gasteiger partial charge in [0, 0.05) is 32.1 Å². The molecule has 1 aromatic heterocycles. The van der Waals surface area contributed by atoms with Crippen LogP contribution >= 0.6 is 11.3 Å². The van der Waals surface area contributed by atoms with E-state index in [1.54, 1.807) is 23.0 Å². The molecule has 0 saturated carbocycles. The van der Waals surface area contributed by atoms with Gasteiger partial charge in [0.1, 0.15) is 11.8 Å². The number of nitrogens with two attached hydrogens (primary N) is 1. The van der Waals surface area contributed by atoms with Crippen molar-refractivity contribution in [3.63, 3.8) is 0 Å². The van der Waals surface area contributed by atoms with E-state index in [0.29, 0.717) is 43.2 Å². The largest absolute Gasteiger partial charge is 0.497 e. The van der Waals surface area contributed by atoms with Gasteiger partial charge in [-0.2, -0.15) is 0 Å². The zero-order chi connectivity index (χ0) is 24.0. The number of likely N-dealkylation sites (tertiary alicyclic amines) is 1. The van der Waals surface area contributed by atoms with Crippen molar-refractivity contribution < 1.29 is 19.1 Å². The summed E-state index contributed by atoms with van der Waals surface area (Å²) in [5, 5.41) is 4.64. The van der Waals surface area contributed by atoms with E-state index in [9.17, 15) is 14.4 Å². The number of hydrogen-bond acceptors (Lipinski definition) is 6. The van der Waals surface area contributed by atoms with Gasteiger partial charge in [0.15, 0.2) is 0 Å². The van der Waals surface area contributed by atoms with Crippen molar-refractivity contribution in [2.45, 2.75) is 38.9 Å². The van der Waals surface area contributed by atoms with E-state index in [-0.39, 0.29) is 29.7 Å². The third-order valence-electron chi connectivity index (χ3n) is 5.72. The predicted octanol–water partition coefficient (Wildman–Crippen LogP) is 2.10. The van der Waals surface area contributed by atoms with Crippen LogP contribution in [0.15, 0.2) is 41.8 Å². The van der Waals surface area contributed by atoms with Gasteiger partial charge in [-0.25, -0.2) is 0 Å². The predicted molar refractivity (Wildman–Crippen MR) is 128 cm³/mol. The van der Waals surface area contributed by atoms with Crippen molar-refractivity contribution in [2.75, 3.05) is 26.7 Å². The Labute approximate surface area is 198 Å². The van der Waals surface area contributed by atoms with Crippen molar-refractivity contribution in [3.8, 4) is 5.75 Å². The highest BCUT2D eigenvalue weighted by molar-refractivity contribution is 7.12. The number of nitrogens with one attached hydrogen (secondary N) is 1. The Hall–Kier alpha value is -2.91. The van der Waals surface area contributed by atoms with Crippen LogP contribution < -0.4 is 15.8 Å². The molecule has 1 aliphatic rings. The van der Waals surface area contributed by atoms with Gasteiger partial charge in [0.05, 0.1) is 18.0 Å². The summed E-state index contributed by atoms with van der Waals surface area (Å²) in [5.41, 5.74) is 6.47. The molecule has 3 rings (SSSR count). The van der Waals surface area contributed by atoms with Gasteiger partial charge in [-0.15, -0.1) is 11.3 Å². The van der Waals surface area contributed by atoms with Gasteiger partial charge in [-0.05, 0) is 35.6 Å². The zero-order valence-corrected chi connectivity index (χ0v) is 20.1. The summed E-state index contributed by atoms with van der Waals surface area (Å²) < 4.78 is 5.33. The fraction of sp³-hybridized carbons (Fsp3) is 0.458. The van der Waals surface area contributed by atoms with Crippen LogP contribution in [0.4, 0.5) is 0 Å². The van der Waals surface area contributed by atoms with Crippen LogP contribution in [-0.4, -0.2) is 66.3 Å². The Morgan fingerprint density at radius 3 is 2.70 bits per heavy atom. The van der Waals surface area contributed by atoms with Crippen molar-refractivity contribution in [1.82, 2.24) is 15.1 Å². The summed E-state index contributed by atoms with van der Waals surface area (Å²) in [5.74, 6) is 0.0332. The second-order valence-electron chi connectivity index (χ2n) is 8.39. The van der Waals surface area contributed by atoms with Gasteiger partial charge in [0.2, 0.25) is 11.8 Å². The topological polar surface area (TPSA) is 105 Å². The molecule has 0 aliphatic carbocycles. The summed E-state index contributed by atoms with van der Waals surface area (Å²) in [6, 6.07) is 10.2. The van der Waals surface area contributed by atoms with E-state index in [4.69, 9.17) is 10.5 Å². The zero-order valence-electron chi connectivity index (χ0n) is 19.3. The van der Waals surface area contributed by atoms with E-state index >= 15 is 0 Å². The number of rotatable bonds is 9. The third kappa shape index (κ3) is 5.91. The lowest BCUT2D eigenvalue weighted by atomic mass is 10.1. The monoisotopic (exact) mass is 472 g/mol.